The minimum atomic E-state index is -0.526. The van der Waals surface area contributed by atoms with Crippen LogP contribution in [0.3, 0.4) is 0 Å². The molecular weight excluding hydrogens is 662 g/mol. The maximum absolute atomic E-state index is 13.0. The number of aromatic nitrogens is 3. The zero-order chi connectivity index (χ0) is 35.9. The average Bonchev–Trinajstić information content (AvgIpc) is 3.60. The highest BCUT2D eigenvalue weighted by atomic mass is 35.5. The number of halogens is 1. The first-order valence-corrected chi connectivity index (χ1v) is 18.6. The second-order valence-corrected chi connectivity index (χ2v) is 16.4. The van der Waals surface area contributed by atoms with Crippen LogP contribution in [0.4, 0.5) is 4.79 Å². The number of nitrogens with one attached hydrogen (secondary N) is 2. The minimum absolute atomic E-state index is 0.0805. The Kier molecular flexibility index (Phi) is 13.1. The van der Waals surface area contributed by atoms with Gasteiger partial charge in [-0.2, -0.15) is 0 Å². The first-order chi connectivity index (χ1) is 23.0. The standard InChI is InChI=1S/C36H54ClN7O4S/c1-23(2)27(24(3)4)22-47-30-18-21-43(41-30)29-16-15-26(32(37)40-29)33(45)42-49-31-14-10-13-28(39-31)38-20-11-12-25-17-19-36(8,9)44(25)34(46)48-35(5,6)7/h14-16,18,21,23-25,27H,10-13,17,19-20,22H2,1-9H3,(H,38,39)(H,42,45). The number of nitrogens with zero attached hydrogens (tertiary/aromatic N) is 5. The van der Waals surface area contributed by atoms with E-state index in [2.05, 4.69) is 61.7 Å². The number of rotatable bonds is 13. The summed E-state index contributed by atoms with van der Waals surface area (Å²) in [5, 5.41) is 8.70. The molecule has 0 aliphatic carbocycles. The molecule has 2 aliphatic heterocycles. The molecule has 49 heavy (non-hydrogen) atoms. The van der Waals surface area contributed by atoms with Gasteiger partial charge < -0.3 is 19.7 Å². The van der Waals surface area contributed by atoms with Gasteiger partial charge in [0.25, 0.3) is 5.91 Å². The molecule has 4 heterocycles. The van der Waals surface area contributed by atoms with Crippen molar-refractivity contribution in [3.63, 3.8) is 0 Å². The molecule has 1 atom stereocenters. The molecule has 0 bridgehead atoms. The van der Waals surface area contributed by atoms with Crippen LogP contribution >= 0.6 is 23.5 Å². The van der Waals surface area contributed by atoms with Crippen molar-refractivity contribution in [1.29, 1.82) is 0 Å². The summed E-state index contributed by atoms with van der Waals surface area (Å²) in [4.78, 5) is 37.1. The van der Waals surface area contributed by atoms with E-state index in [4.69, 9.17) is 26.1 Å². The Morgan fingerprint density at radius 1 is 1.18 bits per heavy atom. The number of likely N-dealkylation sites (tertiary alicyclic amines) is 1. The number of carbonyl (C=O) groups excluding carboxylic acids is 2. The van der Waals surface area contributed by atoms with Gasteiger partial charge in [-0.1, -0.05) is 45.4 Å². The minimum Gasteiger partial charge on any atom is -0.476 e. The quantitative estimate of drug-likeness (QED) is 0.121. The lowest BCUT2D eigenvalue weighted by molar-refractivity contribution is 0.00291. The Morgan fingerprint density at radius 2 is 1.92 bits per heavy atom. The normalized spacial score (nSPS) is 18.6. The fourth-order valence-electron chi connectivity index (χ4n) is 6.29. The monoisotopic (exact) mass is 715 g/mol. The summed E-state index contributed by atoms with van der Waals surface area (Å²) in [6.07, 6.45) is 8.81. The maximum Gasteiger partial charge on any atom is 0.410 e. The molecule has 2 N–H and O–H groups in total. The summed E-state index contributed by atoms with van der Waals surface area (Å²) in [7, 11) is 0. The maximum atomic E-state index is 13.0. The van der Waals surface area contributed by atoms with Gasteiger partial charge >= 0.3 is 6.09 Å². The van der Waals surface area contributed by atoms with Gasteiger partial charge in [0, 0.05) is 48.8 Å². The number of aliphatic imine (C=N–C) groups is 1. The van der Waals surface area contributed by atoms with E-state index in [1.54, 1.807) is 29.1 Å². The van der Waals surface area contributed by atoms with Crippen LogP contribution in [0.1, 0.15) is 111 Å². The molecule has 11 nitrogen and oxygen atoms in total. The molecule has 1 fully saturated rings. The van der Waals surface area contributed by atoms with Crippen LogP contribution in [0.25, 0.3) is 5.82 Å². The zero-order valence-corrected chi connectivity index (χ0v) is 32.1. The highest BCUT2D eigenvalue weighted by Crippen LogP contribution is 2.36. The topological polar surface area (TPSA) is 123 Å². The second-order valence-electron chi connectivity index (χ2n) is 15.2. The van der Waals surface area contributed by atoms with Crippen LogP contribution < -0.4 is 14.8 Å². The Hall–Kier alpha value is -3.25. The summed E-state index contributed by atoms with van der Waals surface area (Å²) < 4.78 is 16.1. The van der Waals surface area contributed by atoms with Crippen LogP contribution in [-0.2, 0) is 4.74 Å². The third-order valence-corrected chi connectivity index (χ3v) is 10.0. The van der Waals surface area contributed by atoms with E-state index >= 15 is 0 Å². The smallest absolute Gasteiger partial charge is 0.410 e. The highest BCUT2D eigenvalue weighted by Gasteiger charge is 2.43. The SMILES string of the molecule is CC(C)C(COc1ccn(-c2ccc(C(=O)NSC3=CCCC(=NCCCC4CCC(C)(C)N4C(=O)OC(C)(C)C)N3)c(Cl)n2)n1)C(C)C. The van der Waals surface area contributed by atoms with E-state index in [0.29, 0.717) is 42.6 Å². The molecule has 2 aliphatic rings. The van der Waals surface area contributed by atoms with E-state index in [1.165, 1.54) is 11.9 Å². The van der Waals surface area contributed by atoms with Crippen molar-refractivity contribution in [1.82, 2.24) is 29.7 Å². The average molecular weight is 716 g/mol. The number of pyridine rings is 1. The van der Waals surface area contributed by atoms with Crippen LogP contribution in [-0.4, -0.2) is 67.8 Å². The number of hydrogen-bond acceptors (Lipinski definition) is 8. The lowest BCUT2D eigenvalue weighted by atomic mass is 9.86. The summed E-state index contributed by atoms with van der Waals surface area (Å²) in [6, 6.07) is 5.28. The van der Waals surface area contributed by atoms with E-state index in [1.807, 2.05) is 31.7 Å². The van der Waals surface area contributed by atoms with Gasteiger partial charge in [-0.25, -0.2) is 14.5 Å². The Balaban J connectivity index is 1.24. The molecule has 0 radical (unpaired) electrons. The molecule has 2 aromatic heterocycles. The first-order valence-electron chi connectivity index (χ1n) is 17.4. The predicted octanol–water partition coefficient (Wildman–Crippen LogP) is 8.19. The van der Waals surface area contributed by atoms with E-state index in [-0.39, 0.29) is 34.3 Å². The van der Waals surface area contributed by atoms with Gasteiger partial charge in [0.1, 0.15) is 16.6 Å². The molecule has 0 aromatic carbocycles. The Labute approximate surface area is 301 Å². The van der Waals surface area contributed by atoms with Crippen LogP contribution in [0, 0.1) is 17.8 Å². The summed E-state index contributed by atoms with van der Waals surface area (Å²) in [6.45, 7) is 20.0. The highest BCUT2D eigenvalue weighted by molar-refractivity contribution is 8.01. The van der Waals surface area contributed by atoms with E-state index < -0.39 is 5.60 Å². The fraction of sp³-hybridized carbons (Fsp3) is 0.639. The molecule has 13 heteroatoms. The predicted molar refractivity (Wildman–Crippen MR) is 197 cm³/mol. The van der Waals surface area contributed by atoms with Gasteiger partial charge in [-0.05, 0) is 96.6 Å². The number of carbonyl (C=O) groups is 2. The molecule has 2 aromatic rings. The molecule has 4 rings (SSSR count). The van der Waals surface area contributed by atoms with Crippen molar-refractivity contribution >= 4 is 41.4 Å². The van der Waals surface area contributed by atoms with E-state index in [9.17, 15) is 9.59 Å². The van der Waals surface area contributed by atoms with Gasteiger partial charge in [-0.3, -0.25) is 14.5 Å². The molecule has 2 amide bonds. The number of amides is 2. The second kappa shape index (κ2) is 16.6. The first kappa shape index (κ1) is 38.6. The molecular formula is C36H54ClN7O4S. The number of allylic oxidation sites excluding steroid dienone is 1. The van der Waals surface area contributed by atoms with Crippen LogP contribution in [0.2, 0.25) is 5.15 Å². The van der Waals surface area contributed by atoms with E-state index in [0.717, 1.165) is 49.4 Å². The third kappa shape index (κ3) is 10.9. The van der Waals surface area contributed by atoms with Gasteiger partial charge in [-0.15, -0.1) is 5.10 Å². The third-order valence-electron chi connectivity index (χ3n) is 8.94. The molecule has 0 saturated carbocycles. The van der Waals surface area contributed by atoms with Gasteiger partial charge in [0.15, 0.2) is 5.82 Å². The summed E-state index contributed by atoms with van der Waals surface area (Å²) >= 11 is 7.64. The van der Waals surface area contributed by atoms with Crippen LogP contribution in [0.5, 0.6) is 5.88 Å². The van der Waals surface area contributed by atoms with Gasteiger partial charge in [0.2, 0.25) is 5.88 Å². The lowest BCUT2D eigenvalue weighted by Crippen LogP contribution is -2.49. The lowest BCUT2D eigenvalue weighted by Gasteiger charge is -2.37. The molecule has 0 spiro atoms. The van der Waals surface area contributed by atoms with Crippen molar-refractivity contribution in [2.75, 3.05) is 13.2 Å². The van der Waals surface area contributed by atoms with Crippen molar-refractivity contribution in [3.8, 4) is 11.7 Å². The molecule has 1 unspecified atom stereocenters. The number of hydrogen-bond donors (Lipinski definition) is 2. The number of amidine groups is 1. The Bertz CT molecular complexity index is 1510. The van der Waals surface area contributed by atoms with Crippen LogP contribution in [0.15, 0.2) is 40.5 Å². The molecule has 270 valence electrons. The van der Waals surface area contributed by atoms with Gasteiger partial charge in [0.05, 0.1) is 17.2 Å². The zero-order valence-electron chi connectivity index (χ0n) is 30.5. The Morgan fingerprint density at radius 3 is 2.59 bits per heavy atom. The summed E-state index contributed by atoms with van der Waals surface area (Å²) in [5.74, 6) is 2.96. The largest absolute Gasteiger partial charge is 0.476 e. The summed E-state index contributed by atoms with van der Waals surface area (Å²) in [5.41, 5.74) is -0.488. The van der Waals surface area contributed by atoms with Crippen molar-refractivity contribution in [3.05, 3.63) is 46.2 Å². The molecule has 1 saturated heterocycles. The van der Waals surface area contributed by atoms with Crippen molar-refractivity contribution in [2.45, 2.75) is 118 Å². The fourth-order valence-corrected chi connectivity index (χ4v) is 7.21. The van der Waals surface area contributed by atoms with Crippen molar-refractivity contribution < 1.29 is 19.1 Å². The number of ether oxygens (including phenoxy) is 2. The van der Waals surface area contributed by atoms with Crippen molar-refractivity contribution in [2.24, 2.45) is 22.7 Å².